The van der Waals surface area contributed by atoms with Crippen molar-refractivity contribution < 1.29 is 23.8 Å². The van der Waals surface area contributed by atoms with Gasteiger partial charge in [0, 0.05) is 37.7 Å². The highest BCUT2D eigenvalue weighted by Gasteiger charge is 2.47. The predicted molar refractivity (Wildman–Crippen MR) is 119 cm³/mol. The van der Waals surface area contributed by atoms with Crippen molar-refractivity contribution >= 4 is 12.0 Å². The largest absolute Gasteiger partial charge is 0.498 e. The van der Waals surface area contributed by atoms with Crippen LogP contribution in [0.2, 0.25) is 0 Å². The number of fused-ring (bicyclic) bond motifs is 1. The first kappa shape index (κ1) is 23.2. The predicted octanol–water partition coefficient (Wildman–Crippen LogP) is 4.77. The summed E-state index contributed by atoms with van der Waals surface area (Å²) in [6.07, 6.45) is 7.34. The second-order valence-electron chi connectivity index (χ2n) is 8.92. The topological polar surface area (TPSA) is 59.0 Å². The number of hydrogen-bond donors (Lipinski definition) is 1. The molecule has 0 spiro atoms. The highest BCUT2D eigenvalue weighted by atomic mass is 19.1. The zero-order valence-electron chi connectivity index (χ0n) is 18.8. The molecule has 31 heavy (non-hydrogen) atoms. The zero-order chi connectivity index (χ0) is 22.8. The fraction of sp³-hybridized carbons (Fsp3) is 0.480. The van der Waals surface area contributed by atoms with Gasteiger partial charge in [0.2, 0.25) is 0 Å². The lowest BCUT2D eigenvalue weighted by atomic mass is 9.72. The van der Waals surface area contributed by atoms with Gasteiger partial charge in [0.1, 0.15) is 17.5 Å². The van der Waals surface area contributed by atoms with Crippen LogP contribution in [0.5, 0.6) is 0 Å². The summed E-state index contributed by atoms with van der Waals surface area (Å²) in [7, 11) is 3.32. The van der Waals surface area contributed by atoms with E-state index in [4.69, 9.17) is 14.6 Å². The van der Waals surface area contributed by atoms with Gasteiger partial charge in [-0.3, -0.25) is 4.90 Å². The number of carbonyl (C=O) groups is 1. The van der Waals surface area contributed by atoms with E-state index in [1.165, 1.54) is 5.57 Å². The molecule has 6 heteroatoms. The lowest BCUT2D eigenvalue weighted by Crippen LogP contribution is -2.53. The number of carboxylic acid groups (broad SMARTS) is 1. The van der Waals surface area contributed by atoms with Crippen LogP contribution in [0, 0.1) is 5.92 Å². The van der Waals surface area contributed by atoms with Crippen LogP contribution in [0.25, 0.3) is 6.08 Å². The van der Waals surface area contributed by atoms with Crippen LogP contribution in [0.1, 0.15) is 44.4 Å². The summed E-state index contributed by atoms with van der Waals surface area (Å²) >= 11 is 0. The molecule has 1 aliphatic heterocycles. The summed E-state index contributed by atoms with van der Waals surface area (Å²) in [5.41, 5.74) is 1.76. The first-order valence-electron chi connectivity index (χ1n) is 10.6. The maximum Gasteiger partial charge on any atom is 0.328 e. The lowest BCUT2D eigenvalue weighted by molar-refractivity contribution is -0.131. The minimum atomic E-state index is -1.35. The normalized spacial score (nSPS) is 26.9. The summed E-state index contributed by atoms with van der Waals surface area (Å²) < 4.78 is 26.3. The lowest BCUT2D eigenvalue weighted by Gasteiger charge is -2.51. The highest BCUT2D eigenvalue weighted by molar-refractivity contribution is 5.85. The van der Waals surface area contributed by atoms with Gasteiger partial charge in [-0.15, -0.1) is 0 Å². The molecule has 168 valence electrons. The van der Waals surface area contributed by atoms with Crippen molar-refractivity contribution in [3.8, 4) is 0 Å². The Labute approximate surface area is 183 Å². The number of piperidine rings is 1. The van der Waals surface area contributed by atoms with E-state index in [2.05, 4.69) is 17.9 Å². The fourth-order valence-electron chi connectivity index (χ4n) is 4.78. The second kappa shape index (κ2) is 9.37. The Morgan fingerprint density at radius 2 is 1.94 bits per heavy atom. The molecule has 1 aromatic rings. The maximum atomic E-state index is 14.8. The third-order valence-electron chi connectivity index (χ3n) is 6.04. The van der Waals surface area contributed by atoms with Crippen molar-refractivity contribution in [1.82, 2.24) is 4.90 Å². The molecule has 2 aliphatic rings. The van der Waals surface area contributed by atoms with Gasteiger partial charge >= 0.3 is 5.97 Å². The van der Waals surface area contributed by atoms with E-state index in [1.807, 2.05) is 30.3 Å². The number of aliphatic carboxylic acids is 1. The van der Waals surface area contributed by atoms with Crippen molar-refractivity contribution in [3.63, 3.8) is 0 Å². The molecule has 1 fully saturated rings. The van der Waals surface area contributed by atoms with Crippen molar-refractivity contribution in [2.75, 3.05) is 20.8 Å². The molecule has 5 nitrogen and oxygen atoms in total. The quantitative estimate of drug-likeness (QED) is 0.633. The van der Waals surface area contributed by atoms with Gasteiger partial charge in [0.25, 0.3) is 0 Å². The Bertz CT molecular complexity index is 882. The molecule has 0 amide bonds. The van der Waals surface area contributed by atoms with Crippen molar-refractivity contribution in [3.05, 3.63) is 65.0 Å². The Morgan fingerprint density at radius 3 is 2.48 bits per heavy atom. The number of allylic oxidation sites excluding steroid dienone is 2. The third-order valence-corrected chi connectivity index (χ3v) is 6.04. The number of benzene rings is 1. The molecule has 1 N–H and O–H groups in total. The molecular weight excluding hydrogens is 397 g/mol. The molecule has 1 aromatic carbocycles. The van der Waals surface area contributed by atoms with Crippen LogP contribution in [0.3, 0.4) is 0 Å². The van der Waals surface area contributed by atoms with Crippen LogP contribution in [-0.2, 0) is 14.3 Å². The Morgan fingerprint density at radius 1 is 1.26 bits per heavy atom. The maximum absolute atomic E-state index is 14.8. The summed E-state index contributed by atoms with van der Waals surface area (Å²) in [6, 6.07) is 7.84. The van der Waals surface area contributed by atoms with Gasteiger partial charge in [-0.25, -0.2) is 9.18 Å². The Balaban J connectivity index is 2.06. The molecule has 0 saturated carbocycles. The SMILES string of the molecule is COC1=CC=C2CC(C)N(CC(C)(C)F)C(c3ccc(/C=C/C(=O)O)cc3)C2C1OC. The monoisotopic (exact) mass is 429 g/mol. The smallest absolute Gasteiger partial charge is 0.328 e. The molecule has 1 aliphatic carbocycles. The van der Waals surface area contributed by atoms with Crippen LogP contribution in [0.15, 0.2) is 53.8 Å². The average Bonchev–Trinajstić information content (AvgIpc) is 2.71. The van der Waals surface area contributed by atoms with E-state index in [1.54, 1.807) is 34.1 Å². The summed E-state index contributed by atoms with van der Waals surface area (Å²) in [4.78, 5) is 13.0. The number of ether oxygens (including phenoxy) is 2. The molecule has 4 atom stereocenters. The minimum absolute atomic E-state index is 0.0103. The van der Waals surface area contributed by atoms with Gasteiger partial charge in [-0.1, -0.05) is 35.9 Å². The molecule has 0 bridgehead atoms. The van der Waals surface area contributed by atoms with E-state index < -0.39 is 11.6 Å². The molecule has 3 rings (SSSR count). The van der Waals surface area contributed by atoms with E-state index in [9.17, 15) is 9.18 Å². The van der Waals surface area contributed by atoms with Crippen molar-refractivity contribution in [2.24, 2.45) is 5.92 Å². The zero-order valence-corrected chi connectivity index (χ0v) is 18.8. The van der Waals surface area contributed by atoms with Gasteiger partial charge in [-0.2, -0.15) is 0 Å². The van der Waals surface area contributed by atoms with Crippen LogP contribution in [0.4, 0.5) is 4.39 Å². The van der Waals surface area contributed by atoms with Crippen molar-refractivity contribution in [1.29, 1.82) is 0 Å². The van der Waals surface area contributed by atoms with E-state index in [0.29, 0.717) is 6.54 Å². The molecule has 1 heterocycles. The molecular formula is C25H32FNO4. The van der Waals surface area contributed by atoms with Crippen LogP contribution in [-0.4, -0.2) is 54.6 Å². The van der Waals surface area contributed by atoms with Gasteiger partial charge in [0.15, 0.2) is 0 Å². The minimum Gasteiger partial charge on any atom is -0.498 e. The second-order valence-corrected chi connectivity index (χ2v) is 8.92. The van der Waals surface area contributed by atoms with E-state index >= 15 is 0 Å². The number of hydrogen-bond acceptors (Lipinski definition) is 4. The number of likely N-dealkylation sites (tertiary alicyclic amines) is 1. The number of rotatable bonds is 7. The van der Waals surface area contributed by atoms with Gasteiger partial charge in [-0.05, 0) is 50.5 Å². The molecule has 0 aromatic heterocycles. The molecule has 4 unspecified atom stereocenters. The van der Waals surface area contributed by atoms with E-state index in [-0.39, 0.29) is 24.1 Å². The average molecular weight is 430 g/mol. The molecule has 1 saturated heterocycles. The Kier molecular flexibility index (Phi) is 7.02. The molecule has 0 radical (unpaired) electrons. The van der Waals surface area contributed by atoms with Crippen molar-refractivity contribution in [2.45, 2.75) is 51.0 Å². The van der Waals surface area contributed by atoms with Crippen LogP contribution >= 0.6 is 0 Å². The first-order chi connectivity index (χ1) is 14.6. The number of nitrogens with zero attached hydrogens (tertiary/aromatic N) is 1. The third kappa shape index (κ3) is 5.25. The van der Waals surface area contributed by atoms with E-state index in [0.717, 1.165) is 29.4 Å². The standard InChI is InChI=1S/C25H32FNO4/c1-16-14-19-11-12-20(30-4)24(31-5)22(19)23(27(16)15-25(2,3)26)18-9-6-17(7-10-18)8-13-21(28)29/h6-13,16,22-24H,14-15H2,1-5H3,(H,28,29)/b13-8+. The number of methoxy groups -OCH3 is 2. The number of carboxylic acids is 1. The first-order valence-corrected chi connectivity index (χ1v) is 10.6. The van der Waals surface area contributed by atoms with Crippen LogP contribution < -0.4 is 0 Å². The fourth-order valence-corrected chi connectivity index (χ4v) is 4.78. The Hall–Kier alpha value is -2.44. The highest BCUT2D eigenvalue weighted by Crippen LogP contribution is 2.48. The summed E-state index contributed by atoms with van der Waals surface area (Å²) in [6.45, 7) is 5.65. The summed E-state index contributed by atoms with van der Waals surface area (Å²) in [5.74, 6) is -0.236. The summed E-state index contributed by atoms with van der Waals surface area (Å²) in [5, 5.41) is 8.87. The number of alkyl halides is 1. The van der Waals surface area contributed by atoms with Gasteiger partial charge < -0.3 is 14.6 Å². The number of halogens is 1. The van der Waals surface area contributed by atoms with Gasteiger partial charge in [0.05, 0.1) is 7.11 Å².